The number of aryl methyl sites for hydroxylation is 1. The molecule has 1 aromatic heterocycles. The molecule has 6 heteroatoms. The lowest BCUT2D eigenvalue weighted by molar-refractivity contribution is -0.128. The highest BCUT2D eigenvalue weighted by molar-refractivity contribution is 5.79. The minimum Gasteiger partial charge on any atom is -0.339 e. The van der Waals surface area contributed by atoms with E-state index in [0.717, 1.165) is 5.56 Å². The minimum absolute atomic E-state index is 0.0815. The van der Waals surface area contributed by atoms with Gasteiger partial charge in [0.15, 0.2) is 0 Å². The van der Waals surface area contributed by atoms with Crippen LogP contribution in [0, 0.1) is 12.7 Å². The molecule has 4 rings (SSSR count). The van der Waals surface area contributed by atoms with Crippen LogP contribution in [-0.4, -0.2) is 27.5 Å². The van der Waals surface area contributed by atoms with Crippen molar-refractivity contribution in [2.75, 3.05) is 6.54 Å². The highest BCUT2D eigenvalue weighted by Crippen LogP contribution is 2.29. The van der Waals surface area contributed by atoms with Crippen molar-refractivity contribution in [2.24, 2.45) is 0 Å². The molecule has 5 nitrogen and oxygen atoms in total. The Hall–Kier alpha value is -3.02. The van der Waals surface area contributed by atoms with Crippen molar-refractivity contribution in [3.63, 3.8) is 0 Å². The zero-order valence-corrected chi connectivity index (χ0v) is 14.4. The van der Waals surface area contributed by atoms with E-state index in [1.165, 1.54) is 17.7 Å². The smallest absolute Gasteiger partial charge is 0.232 e. The van der Waals surface area contributed by atoms with Gasteiger partial charge in [0.05, 0.1) is 5.92 Å². The average molecular weight is 351 g/mol. The molecule has 1 unspecified atom stereocenters. The molecule has 1 aliphatic rings. The van der Waals surface area contributed by atoms with Gasteiger partial charge < -0.3 is 9.42 Å². The predicted octanol–water partition coefficient (Wildman–Crippen LogP) is 3.70. The van der Waals surface area contributed by atoms with Gasteiger partial charge in [0.1, 0.15) is 5.82 Å². The summed E-state index contributed by atoms with van der Waals surface area (Å²) in [5, 5.41) is 3.97. The Bertz CT molecular complexity index is 936. The molecule has 1 amide bonds. The predicted molar refractivity (Wildman–Crippen MR) is 93.6 cm³/mol. The molecule has 0 radical (unpaired) electrons. The fraction of sp³-hybridized carbons (Fsp3) is 0.250. The first-order valence-corrected chi connectivity index (χ1v) is 8.51. The summed E-state index contributed by atoms with van der Waals surface area (Å²) < 4.78 is 18.4. The number of likely N-dealkylation sites (tertiary alicyclic amines) is 1. The Morgan fingerprint density at radius 3 is 2.81 bits per heavy atom. The number of nitrogens with zero attached hydrogens (tertiary/aromatic N) is 3. The van der Waals surface area contributed by atoms with Crippen LogP contribution in [0.1, 0.15) is 29.4 Å². The van der Waals surface area contributed by atoms with Gasteiger partial charge in [0.2, 0.25) is 17.6 Å². The second kappa shape index (κ2) is 6.71. The summed E-state index contributed by atoms with van der Waals surface area (Å²) in [4.78, 5) is 18.6. The molecule has 1 saturated heterocycles. The molecule has 0 bridgehead atoms. The third kappa shape index (κ3) is 3.35. The first-order valence-electron chi connectivity index (χ1n) is 8.51. The monoisotopic (exact) mass is 351 g/mol. The summed E-state index contributed by atoms with van der Waals surface area (Å²) >= 11 is 0. The number of halogens is 1. The van der Waals surface area contributed by atoms with E-state index in [4.69, 9.17) is 4.52 Å². The largest absolute Gasteiger partial charge is 0.339 e. The van der Waals surface area contributed by atoms with Gasteiger partial charge in [-0.1, -0.05) is 35.0 Å². The standard InChI is InChI=1S/C20H18FN3O2/c1-13-3-2-4-14(9-13)11-24-12-16(10-18(24)25)20-22-19(23-26-20)15-5-7-17(21)8-6-15/h2-9,16H,10-12H2,1H3. The Labute approximate surface area is 150 Å². The SMILES string of the molecule is Cc1cccc(CN2CC(c3nc(-c4ccc(F)cc4)no3)CC2=O)c1. The molecule has 0 aliphatic carbocycles. The zero-order chi connectivity index (χ0) is 18.1. The van der Waals surface area contributed by atoms with Crippen LogP contribution in [0.15, 0.2) is 53.1 Å². The second-order valence-electron chi connectivity index (χ2n) is 6.63. The molecule has 1 fully saturated rings. The van der Waals surface area contributed by atoms with E-state index in [0.29, 0.717) is 36.8 Å². The van der Waals surface area contributed by atoms with Crippen LogP contribution in [-0.2, 0) is 11.3 Å². The number of hydrogen-bond acceptors (Lipinski definition) is 4. The summed E-state index contributed by atoms with van der Waals surface area (Å²) in [7, 11) is 0. The van der Waals surface area contributed by atoms with Crippen molar-refractivity contribution in [1.29, 1.82) is 0 Å². The summed E-state index contributed by atoms with van der Waals surface area (Å²) in [6, 6.07) is 14.1. The van der Waals surface area contributed by atoms with Crippen LogP contribution in [0.2, 0.25) is 0 Å². The normalized spacial score (nSPS) is 17.1. The van der Waals surface area contributed by atoms with Gasteiger partial charge in [-0.05, 0) is 36.8 Å². The van der Waals surface area contributed by atoms with Crippen molar-refractivity contribution in [3.8, 4) is 11.4 Å². The number of carbonyl (C=O) groups excluding carboxylic acids is 1. The maximum absolute atomic E-state index is 13.0. The number of benzene rings is 2. The van der Waals surface area contributed by atoms with Crippen molar-refractivity contribution in [2.45, 2.75) is 25.8 Å². The van der Waals surface area contributed by atoms with Gasteiger partial charge in [-0.15, -0.1) is 0 Å². The Kier molecular flexibility index (Phi) is 4.24. The van der Waals surface area contributed by atoms with E-state index in [2.05, 4.69) is 16.2 Å². The van der Waals surface area contributed by atoms with Crippen molar-refractivity contribution in [3.05, 3.63) is 71.4 Å². The fourth-order valence-electron chi connectivity index (χ4n) is 3.24. The lowest BCUT2D eigenvalue weighted by Gasteiger charge is -2.16. The first-order chi connectivity index (χ1) is 12.6. The molecule has 3 aromatic rings. The van der Waals surface area contributed by atoms with E-state index in [9.17, 15) is 9.18 Å². The van der Waals surface area contributed by atoms with Gasteiger partial charge in [-0.3, -0.25) is 4.79 Å². The molecule has 0 saturated carbocycles. The maximum atomic E-state index is 13.0. The van der Waals surface area contributed by atoms with Crippen molar-refractivity contribution < 1.29 is 13.7 Å². The first kappa shape index (κ1) is 16.4. The van der Waals surface area contributed by atoms with Gasteiger partial charge in [-0.25, -0.2) is 4.39 Å². The fourth-order valence-corrected chi connectivity index (χ4v) is 3.24. The molecule has 26 heavy (non-hydrogen) atoms. The van der Waals surface area contributed by atoms with Gasteiger partial charge in [0, 0.05) is 25.1 Å². The van der Waals surface area contributed by atoms with Crippen LogP contribution in [0.4, 0.5) is 4.39 Å². The summed E-state index contributed by atoms with van der Waals surface area (Å²) in [5.41, 5.74) is 2.96. The number of rotatable bonds is 4. The third-order valence-electron chi connectivity index (χ3n) is 4.56. The summed E-state index contributed by atoms with van der Waals surface area (Å²) in [6.45, 7) is 3.17. The van der Waals surface area contributed by atoms with Crippen LogP contribution < -0.4 is 0 Å². The maximum Gasteiger partial charge on any atom is 0.232 e. The number of amides is 1. The summed E-state index contributed by atoms with van der Waals surface area (Å²) in [6.07, 6.45) is 0.358. The number of hydrogen-bond donors (Lipinski definition) is 0. The van der Waals surface area contributed by atoms with Gasteiger partial charge >= 0.3 is 0 Å². The van der Waals surface area contributed by atoms with Crippen LogP contribution in [0.3, 0.4) is 0 Å². The van der Waals surface area contributed by atoms with Crippen molar-refractivity contribution in [1.82, 2.24) is 15.0 Å². The quantitative estimate of drug-likeness (QED) is 0.719. The molecular formula is C20H18FN3O2. The lowest BCUT2D eigenvalue weighted by Crippen LogP contribution is -2.24. The number of aromatic nitrogens is 2. The highest BCUT2D eigenvalue weighted by Gasteiger charge is 2.34. The highest BCUT2D eigenvalue weighted by atomic mass is 19.1. The van der Waals surface area contributed by atoms with E-state index < -0.39 is 0 Å². The Morgan fingerprint density at radius 1 is 1.23 bits per heavy atom. The number of carbonyl (C=O) groups is 1. The van der Waals surface area contributed by atoms with E-state index in [-0.39, 0.29) is 17.6 Å². The Balaban J connectivity index is 1.48. The van der Waals surface area contributed by atoms with Crippen LogP contribution in [0.25, 0.3) is 11.4 Å². The summed E-state index contributed by atoms with van der Waals surface area (Å²) in [5.74, 6) is 0.506. The topological polar surface area (TPSA) is 59.2 Å². The molecule has 0 N–H and O–H groups in total. The van der Waals surface area contributed by atoms with Crippen molar-refractivity contribution >= 4 is 5.91 Å². The molecule has 0 spiro atoms. The second-order valence-corrected chi connectivity index (χ2v) is 6.63. The molecule has 1 aliphatic heterocycles. The van der Waals surface area contributed by atoms with E-state index in [1.54, 1.807) is 12.1 Å². The minimum atomic E-state index is -0.314. The average Bonchev–Trinajstić information content (AvgIpc) is 3.23. The molecule has 2 heterocycles. The Morgan fingerprint density at radius 2 is 2.04 bits per heavy atom. The molecule has 2 aromatic carbocycles. The zero-order valence-electron chi connectivity index (χ0n) is 14.4. The third-order valence-corrected chi connectivity index (χ3v) is 4.56. The van der Waals surface area contributed by atoms with Gasteiger partial charge in [0.25, 0.3) is 0 Å². The molecule has 1 atom stereocenters. The van der Waals surface area contributed by atoms with Crippen LogP contribution >= 0.6 is 0 Å². The molecular weight excluding hydrogens is 333 g/mol. The van der Waals surface area contributed by atoms with Gasteiger partial charge in [-0.2, -0.15) is 4.98 Å². The lowest BCUT2D eigenvalue weighted by atomic mass is 10.1. The van der Waals surface area contributed by atoms with E-state index in [1.807, 2.05) is 30.0 Å². The van der Waals surface area contributed by atoms with E-state index >= 15 is 0 Å². The molecule has 132 valence electrons. The van der Waals surface area contributed by atoms with Crippen LogP contribution in [0.5, 0.6) is 0 Å².